The predicted molar refractivity (Wildman–Crippen MR) is 134 cm³/mol. The Morgan fingerprint density at radius 1 is 1.17 bits per heavy atom. The van der Waals surface area contributed by atoms with Crippen molar-refractivity contribution in [2.75, 3.05) is 30.7 Å². The molecule has 10 nitrogen and oxygen atoms in total. The molecule has 0 bridgehead atoms. The summed E-state index contributed by atoms with van der Waals surface area (Å²) in [7, 11) is 0. The molecule has 1 aliphatic rings. The Morgan fingerprint density at radius 3 is 2.60 bits per heavy atom. The maximum atomic E-state index is 12.4. The van der Waals surface area contributed by atoms with Crippen molar-refractivity contribution in [1.82, 2.24) is 14.9 Å². The minimum Gasteiger partial charge on any atom is -0.457 e. The van der Waals surface area contributed by atoms with Crippen LogP contribution in [0.5, 0.6) is 11.5 Å². The lowest BCUT2D eigenvalue weighted by atomic mass is 10.0. The molecule has 1 saturated heterocycles. The first-order chi connectivity index (χ1) is 17.0. The third kappa shape index (κ3) is 5.73. The smallest absolute Gasteiger partial charge is 0.241 e. The summed E-state index contributed by atoms with van der Waals surface area (Å²) in [6, 6.07) is 15.6. The second-order valence-electron chi connectivity index (χ2n) is 8.35. The number of para-hydroxylation sites is 1. The number of rotatable bonds is 8. The minimum atomic E-state index is -0.930. The summed E-state index contributed by atoms with van der Waals surface area (Å²) in [6.07, 6.45) is 2.93. The third-order valence-electron chi connectivity index (χ3n) is 5.84. The lowest BCUT2D eigenvalue weighted by molar-refractivity contribution is -0.134. The van der Waals surface area contributed by atoms with Crippen molar-refractivity contribution >= 4 is 23.3 Å². The van der Waals surface area contributed by atoms with Crippen molar-refractivity contribution in [3.05, 3.63) is 72.1 Å². The molecule has 182 valence electrons. The molecule has 4 rings (SSSR count). The Labute approximate surface area is 203 Å². The molecule has 2 aromatic carbocycles. The number of piperidine rings is 1. The van der Waals surface area contributed by atoms with Gasteiger partial charge in [0, 0.05) is 24.7 Å². The van der Waals surface area contributed by atoms with Gasteiger partial charge in [-0.2, -0.15) is 0 Å². The van der Waals surface area contributed by atoms with Crippen molar-refractivity contribution in [3.8, 4) is 11.5 Å². The highest BCUT2D eigenvalue weighted by molar-refractivity contribution is 6.16. The monoisotopic (exact) mass is 475 g/mol. The number of carbonyl (C=O) groups excluding carboxylic acids is 1. The van der Waals surface area contributed by atoms with E-state index in [9.17, 15) is 9.90 Å². The van der Waals surface area contributed by atoms with Crippen LogP contribution in [0.1, 0.15) is 24.0 Å². The first kappa shape index (κ1) is 24.1. The van der Waals surface area contributed by atoms with Gasteiger partial charge in [0.2, 0.25) is 5.91 Å². The number of aromatic nitrogens is 2. The molecule has 1 amide bonds. The Kier molecular flexibility index (Phi) is 7.54. The van der Waals surface area contributed by atoms with Gasteiger partial charge in [0.1, 0.15) is 35.5 Å². The fraction of sp³-hybridized carbons (Fsp3) is 0.280. The fourth-order valence-corrected chi connectivity index (χ4v) is 4.01. The van der Waals surface area contributed by atoms with E-state index in [2.05, 4.69) is 15.3 Å². The Bertz CT molecular complexity index is 1170. The number of carbonyl (C=O) groups is 1. The number of hydrogen-bond donors (Lipinski definition) is 5. The number of aliphatic hydroxyl groups is 1. The van der Waals surface area contributed by atoms with Crippen LogP contribution in [0.15, 0.2) is 60.9 Å². The van der Waals surface area contributed by atoms with Gasteiger partial charge in [0.15, 0.2) is 0 Å². The van der Waals surface area contributed by atoms with Gasteiger partial charge in [-0.3, -0.25) is 10.2 Å². The number of aliphatic hydroxyl groups excluding tert-OH is 1. The summed E-state index contributed by atoms with van der Waals surface area (Å²) >= 11 is 0. The molecule has 0 spiro atoms. The van der Waals surface area contributed by atoms with Crippen LogP contribution in [0.25, 0.3) is 0 Å². The van der Waals surface area contributed by atoms with Crippen LogP contribution >= 0.6 is 0 Å². The number of nitrogens with one attached hydrogen (secondary N) is 2. The molecule has 35 heavy (non-hydrogen) atoms. The zero-order valence-corrected chi connectivity index (χ0v) is 19.2. The number of ether oxygens (including phenoxy) is 1. The summed E-state index contributed by atoms with van der Waals surface area (Å²) in [5, 5.41) is 21.3. The zero-order valence-electron chi connectivity index (χ0n) is 19.2. The van der Waals surface area contributed by atoms with Crippen LogP contribution in [-0.4, -0.2) is 63.4 Å². The van der Waals surface area contributed by atoms with Crippen molar-refractivity contribution in [2.45, 2.75) is 24.9 Å². The maximum Gasteiger partial charge on any atom is 0.241 e. The third-order valence-corrected chi connectivity index (χ3v) is 5.84. The van der Waals surface area contributed by atoms with E-state index in [0.29, 0.717) is 35.8 Å². The maximum absolute atomic E-state index is 12.4. The number of anilines is 2. The number of nitrogens with two attached hydrogens (primary N) is 2. The van der Waals surface area contributed by atoms with E-state index in [1.807, 2.05) is 30.3 Å². The Hall–Kier alpha value is -4.02. The van der Waals surface area contributed by atoms with E-state index in [0.717, 1.165) is 18.6 Å². The first-order valence-corrected chi connectivity index (χ1v) is 11.4. The first-order valence-electron chi connectivity index (χ1n) is 11.4. The molecule has 1 aliphatic heterocycles. The van der Waals surface area contributed by atoms with Gasteiger partial charge in [0.05, 0.1) is 17.9 Å². The molecule has 2 atom stereocenters. The molecule has 2 unspecified atom stereocenters. The number of amides is 1. The highest BCUT2D eigenvalue weighted by Gasteiger charge is 2.28. The molecule has 1 fully saturated rings. The fourth-order valence-electron chi connectivity index (χ4n) is 4.01. The van der Waals surface area contributed by atoms with Gasteiger partial charge in [-0.25, -0.2) is 9.97 Å². The average molecular weight is 476 g/mol. The van der Waals surface area contributed by atoms with Gasteiger partial charge in [-0.1, -0.05) is 18.2 Å². The molecule has 3 aromatic rings. The molecule has 2 heterocycles. The SMILES string of the molecule is N=C(c1ccc(Oc2ccccc2)cc1)c1c(N)ncnc1NC1CCCN(C(=O)C(N)CO)C1. The van der Waals surface area contributed by atoms with Gasteiger partial charge in [-0.15, -0.1) is 0 Å². The summed E-state index contributed by atoms with van der Waals surface area (Å²) in [5.41, 5.74) is 13.1. The van der Waals surface area contributed by atoms with Crippen molar-refractivity contribution < 1.29 is 14.6 Å². The minimum absolute atomic E-state index is 0.110. The Morgan fingerprint density at radius 2 is 1.89 bits per heavy atom. The highest BCUT2D eigenvalue weighted by atomic mass is 16.5. The standard InChI is InChI=1S/C25H29N7O3/c26-20(14-33)25(34)32-12-4-5-17(13-32)31-24-21(23(28)29-15-30-24)22(27)16-8-10-19(11-9-16)35-18-6-2-1-3-7-18/h1-3,6-11,15,17,20,27,33H,4-5,12-14,26H2,(H3,28,29,30,31). The Balaban J connectivity index is 1.50. The molecule has 0 aliphatic carbocycles. The van der Waals surface area contributed by atoms with Crippen molar-refractivity contribution in [2.24, 2.45) is 5.73 Å². The van der Waals surface area contributed by atoms with Crippen molar-refractivity contribution in [1.29, 1.82) is 5.41 Å². The topological polar surface area (TPSA) is 163 Å². The molecule has 0 radical (unpaired) electrons. The summed E-state index contributed by atoms with van der Waals surface area (Å²) < 4.78 is 5.83. The quantitative estimate of drug-likeness (QED) is 0.309. The second kappa shape index (κ2) is 10.9. The van der Waals surface area contributed by atoms with E-state index in [1.54, 1.807) is 29.2 Å². The number of nitrogens with zero attached hydrogens (tertiary/aromatic N) is 3. The van der Waals surface area contributed by atoms with E-state index < -0.39 is 12.6 Å². The van der Waals surface area contributed by atoms with Gasteiger partial charge in [-0.05, 0) is 49.2 Å². The van der Waals surface area contributed by atoms with Crippen LogP contribution in [0, 0.1) is 5.41 Å². The van der Waals surface area contributed by atoms with Crippen LogP contribution in [0.4, 0.5) is 11.6 Å². The summed E-state index contributed by atoms with van der Waals surface area (Å²) in [5.74, 6) is 1.70. The van der Waals surface area contributed by atoms with Gasteiger partial charge >= 0.3 is 0 Å². The van der Waals surface area contributed by atoms with Crippen LogP contribution in [-0.2, 0) is 4.79 Å². The van der Waals surface area contributed by atoms with Crippen LogP contribution in [0.3, 0.4) is 0 Å². The highest BCUT2D eigenvalue weighted by Crippen LogP contribution is 2.26. The summed E-state index contributed by atoms with van der Waals surface area (Å²) in [4.78, 5) is 22.5. The number of nitrogen functional groups attached to an aromatic ring is 1. The number of hydrogen-bond acceptors (Lipinski definition) is 9. The lowest BCUT2D eigenvalue weighted by Gasteiger charge is -2.34. The van der Waals surface area contributed by atoms with Crippen LogP contribution < -0.4 is 21.5 Å². The normalized spacial score (nSPS) is 16.4. The molecule has 0 saturated carbocycles. The zero-order chi connectivity index (χ0) is 24.8. The number of benzene rings is 2. The predicted octanol–water partition coefficient (Wildman–Crippen LogP) is 1.99. The van der Waals surface area contributed by atoms with E-state index in [4.69, 9.17) is 21.6 Å². The average Bonchev–Trinajstić information content (AvgIpc) is 2.89. The molecule has 10 heteroatoms. The largest absolute Gasteiger partial charge is 0.457 e. The van der Waals surface area contributed by atoms with Crippen LogP contribution in [0.2, 0.25) is 0 Å². The van der Waals surface area contributed by atoms with E-state index >= 15 is 0 Å². The summed E-state index contributed by atoms with van der Waals surface area (Å²) in [6.45, 7) is 0.595. The van der Waals surface area contributed by atoms with Crippen molar-refractivity contribution in [3.63, 3.8) is 0 Å². The molecule has 7 N–H and O–H groups in total. The van der Waals surface area contributed by atoms with E-state index in [1.165, 1.54) is 6.33 Å². The van der Waals surface area contributed by atoms with E-state index in [-0.39, 0.29) is 23.5 Å². The molecular formula is C25H29N7O3. The lowest BCUT2D eigenvalue weighted by Crippen LogP contribution is -2.52. The number of likely N-dealkylation sites (tertiary alicyclic amines) is 1. The van der Waals surface area contributed by atoms with Gasteiger partial charge in [0.25, 0.3) is 0 Å². The second-order valence-corrected chi connectivity index (χ2v) is 8.35. The molecular weight excluding hydrogens is 446 g/mol. The van der Waals surface area contributed by atoms with Gasteiger partial charge < -0.3 is 31.5 Å². The molecule has 1 aromatic heterocycles.